The molecule has 0 atom stereocenters. The maximum atomic E-state index is 12.4. The molecule has 0 aliphatic carbocycles. The van der Waals surface area contributed by atoms with E-state index in [2.05, 4.69) is 4.98 Å². The quantitative estimate of drug-likeness (QED) is 0.833. The standard InChI is InChI=1S/C13H21N3O3S2/c1-4-9-21(18,19)16-7-5-15(6-8-16)13(17)12-10(2)14-11(3)20-12/h4-9H2,1-3H3. The van der Waals surface area contributed by atoms with E-state index < -0.39 is 10.0 Å². The second-order valence-electron chi connectivity index (χ2n) is 5.15. The number of piperazine rings is 1. The molecule has 21 heavy (non-hydrogen) atoms. The molecule has 2 heterocycles. The van der Waals surface area contributed by atoms with E-state index >= 15 is 0 Å². The molecule has 1 aliphatic rings. The van der Waals surface area contributed by atoms with E-state index in [1.807, 2.05) is 20.8 Å². The summed E-state index contributed by atoms with van der Waals surface area (Å²) >= 11 is 1.40. The first-order valence-electron chi connectivity index (χ1n) is 7.06. The van der Waals surface area contributed by atoms with Crippen molar-refractivity contribution in [3.05, 3.63) is 15.6 Å². The monoisotopic (exact) mass is 331 g/mol. The molecule has 1 aromatic rings. The number of carbonyl (C=O) groups is 1. The summed E-state index contributed by atoms with van der Waals surface area (Å²) in [5.41, 5.74) is 0.753. The highest BCUT2D eigenvalue weighted by Gasteiger charge is 2.29. The fourth-order valence-electron chi connectivity index (χ4n) is 2.43. The molecule has 1 fully saturated rings. The SMILES string of the molecule is CCCS(=O)(=O)N1CCN(C(=O)c2sc(C)nc2C)CC1. The Morgan fingerprint density at radius 3 is 2.33 bits per heavy atom. The summed E-state index contributed by atoms with van der Waals surface area (Å²) in [4.78, 5) is 19.1. The van der Waals surface area contributed by atoms with Crippen molar-refractivity contribution in [2.45, 2.75) is 27.2 Å². The molecule has 1 amide bonds. The van der Waals surface area contributed by atoms with Crippen molar-refractivity contribution in [1.29, 1.82) is 0 Å². The number of carbonyl (C=O) groups excluding carboxylic acids is 1. The molecule has 0 spiro atoms. The topological polar surface area (TPSA) is 70.6 Å². The average molecular weight is 331 g/mol. The highest BCUT2D eigenvalue weighted by atomic mass is 32.2. The molecule has 118 valence electrons. The van der Waals surface area contributed by atoms with Gasteiger partial charge in [0.15, 0.2) is 0 Å². The molecule has 0 unspecified atom stereocenters. The van der Waals surface area contributed by atoms with Crippen LogP contribution in [0.3, 0.4) is 0 Å². The van der Waals surface area contributed by atoms with Gasteiger partial charge >= 0.3 is 0 Å². The zero-order valence-electron chi connectivity index (χ0n) is 12.6. The van der Waals surface area contributed by atoms with Crippen molar-refractivity contribution in [1.82, 2.24) is 14.2 Å². The smallest absolute Gasteiger partial charge is 0.265 e. The van der Waals surface area contributed by atoms with Gasteiger partial charge in [-0.2, -0.15) is 4.31 Å². The van der Waals surface area contributed by atoms with E-state index in [0.717, 1.165) is 10.7 Å². The Kier molecular flexibility index (Phi) is 5.00. The van der Waals surface area contributed by atoms with Crippen molar-refractivity contribution >= 4 is 27.3 Å². The maximum Gasteiger partial charge on any atom is 0.265 e. The highest BCUT2D eigenvalue weighted by Crippen LogP contribution is 2.20. The van der Waals surface area contributed by atoms with Gasteiger partial charge in [0.05, 0.1) is 16.5 Å². The second kappa shape index (κ2) is 6.41. The van der Waals surface area contributed by atoms with Gasteiger partial charge < -0.3 is 4.90 Å². The Balaban J connectivity index is 2.01. The largest absolute Gasteiger partial charge is 0.335 e. The minimum Gasteiger partial charge on any atom is -0.335 e. The highest BCUT2D eigenvalue weighted by molar-refractivity contribution is 7.89. The van der Waals surface area contributed by atoms with Crippen LogP contribution in [0.25, 0.3) is 0 Å². The van der Waals surface area contributed by atoms with Crippen LogP contribution in [0.15, 0.2) is 0 Å². The van der Waals surface area contributed by atoms with Gasteiger partial charge in [0.25, 0.3) is 5.91 Å². The Hall–Kier alpha value is -0.990. The molecule has 8 heteroatoms. The first-order valence-corrected chi connectivity index (χ1v) is 9.49. The summed E-state index contributed by atoms with van der Waals surface area (Å²) in [5, 5.41) is 0.875. The summed E-state index contributed by atoms with van der Waals surface area (Å²) in [6.45, 7) is 7.21. The van der Waals surface area contributed by atoms with Crippen LogP contribution in [0.4, 0.5) is 0 Å². The number of aryl methyl sites for hydroxylation is 2. The fraction of sp³-hybridized carbons (Fsp3) is 0.692. The molecule has 0 aromatic carbocycles. The van der Waals surface area contributed by atoms with Crippen LogP contribution < -0.4 is 0 Å². The molecule has 1 saturated heterocycles. The maximum absolute atomic E-state index is 12.4. The number of rotatable bonds is 4. The summed E-state index contributed by atoms with van der Waals surface area (Å²) < 4.78 is 25.5. The van der Waals surface area contributed by atoms with E-state index in [0.29, 0.717) is 37.5 Å². The predicted octanol–water partition coefficient (Wildman–Crippen LogP) is 1.26. The fourth-order valence-corrected chi connectivity index (χ4v) is 4.81. The van der Waals surface area contributed by atoms with Gasteiger partial charge in [0.2, 0.25) is 10.0 Å². The lowest BCUT2D eigenvalue weighted by Crippen LogP contribution is -2.51. The number of amides is 1. The van der Waals surface area contributed by atoms with Gasteiger partial charge in [0.1, 0.15) is 4.88 Å². The zero-order chi connectivity index (χ0) is 15.6. The lowest BCUT2D eigenvalue weighted by Gasteiger charge is -2.33. The number of aromatic nitrogens is 1. The molecule has 0 radical (unpaired) electrons. The average Bonchev–Trinajstić information content (AvgIpc) is 2.77. The van der Waals surface area contributed by atoms with Crippen LogP contribution in [0.2, 0.25) is 0 Å². The van der Waals surface area contributed by atoms with E-state index in [-0.39, 0.29) is 11.7 Å². The van der Waals surface area contributed by atoms with Crippen LogP contribution in [-0.2, 0) is 10.0 Å². The number of nitrogens with zero attached hydrogens (tertiary/aromatic N) is 3. The number of hydrogen-bond acceptors (Lipinski definition) is 5. The van der Waals surface area contributed by atoms with Crippen LogP contribution in [0.5, 0.6) is 0 Å². The summed E-state index contributed by atoms with van der Waals surface area (Å²) in [6.07, 6.45) is 0.612. The summed E-state index contributed by atoms with van der Waals surface area (Å²) in [7, 11) is -3.17. The predicted molar refractivity (Wildman–Crippen MR) is 83.1 cm³/mol. The van der Waals surface area contributed by atoms with Gasteiger partial charge in [-0.1, -0.05) is 6.92 Å². The molecular weight excluding hydrogens is 310 g/mol. The third kappa shape index (κ3) is 3.61. The molecule has 0 bridgehead atoms. The van der Waals surface area contributed by atoms with Gasteiger partial charge in [-0.15, -0.1) is 11.3 Å². The van der Waals surface area contributed by atoms with Crippen molar-refractivity contribution in [2.24, 2.45) is 0 Å². The number of hydrogen-bond donors (Lipinski definition) is 0. The summed E-state index contributed by atoms with van der Waals surface area (Å²) in [5.74, 6) is 0.138. The number of thiazole rings is 1. The van der Waals surface area contributed by atoms with Crippen molar-refractivity contribution in [2.75, 3.05) is 31.9 Å². The van der Waals surface area contributed by atoms with Gasteiger partial charge in [-0.05, 0) is 20.3 Å². The first-order chi connectivity index (χ1) is 9.85. The van der Waals surface area contributed by atoms with E-state index in [1.165, 1.54) is 15.6 Å². The van der Waals surface area contributed by atoms with Crippen molar-refractivity contribution in [3.63, 3.8) is 0 Å². The third-order valence-electron chi connectivity index (χ3n) is 3.48. The Bertz CT molecular complexity index is 617. The molecule has 2 rings (SSSR count). The summed E-state index contributed by atoms with van der Waals surface area (Å²) in [6, 6.07) is 0. The Morgan fingerprint density at radius 2 is 1.86 bits per heavy atom. The van der Waals surface area contributed by atoms with Crippen LogP contribution >= 0.6 is 11.3 Å². The van der Waals surface area contributed by atoms with E-state index in [1.54, 1.807) is 4.90 Å². The second-order valence-corrected chi connectivity index (χ2v) is 8.45. The first kappa shape index (κ1) is 16.4. The van der Waals surface area contributed by atoms with Crippen LogP contribution in [-0.4, -0.2) is 60.4 Å². The lowest BCUT2D eigenvalue weighted by molar-refractivity contribution is 0.0702. The van der Waals surface area contributed by atoms with E-state index in [9.17, 15) is 13.2 Å². The van der Waals surface area contributed by atoms with Crippen molar-refractivity contribution < 1.29 is 13.2 Å². The Morgan fingerprint density at radius 1 is 1.24 bits per heavy atom. The number of sulfonamides is 1. The minimum atomic E-state index is -3.17. The molecular formula is C13H21N3O3S2. The van der Waals surface area contributed by atoms with Gasteiger partial charge in [-0.3, -0.25) is 4.79 Å². The molecule has 0 N–H and O–H groups in total. The molecule has 1 aromatic heterocycles. The van der Waals surface area contributed by atoms with Crippen molar-refractivity contribution in [3.8, 4) is 0 Å². The van der Waals surface area contributed by atoms with Gasteiger partial charge in [0, 0.05) is 26.2 Å². The van der Waals surface area contributed by atoms with Crippen LogP contribution in [0.1, 0.15) is 33.7 Å². The normalized spacial score (nSPS) is 17.2. The Labute approximate surface area is 129 Å². The molecule has 1 aliphatic heterocycles. The third-order valence-corrected chi connectivity index (χ3v) is 6.62. The van der Waals surface area contributed by atoms with E-state index in [4.69, 9.17) is 0 Å². The van der Waals surface area contributed by atoms with Gasteiger partial charge in [-0.25, -0.2) is 13.4 Å². The molecule has 6 nitrogen and oxygen atoms in total. The molecule has 0 saturated carbocycles. The minimum absolute atomic E-state index is 0.0364. The lowest BCUT2D eigenvalue weighted by atomic mass is 10.3. The van der Waals surface area contributed by atoms with Crippen LogP contribution in [0, 0.1) is 13.8 Å². The zero-order valence-corrected chi connectivity index (χ0v) is 14.3.